The van der Waals surface area contributed by atoms with Gasteiger partial charge in [-0.05, 0) is 62.5 Å². The van der Waals surface area contributed by atoms with Crippen LogP contribution in [0.1, 0.15) is 24.5 Å². The van der Waals surface area contributed by atoms with Gasteiger partial charge in [0.1, 0.15) is 0 Å². The van der Waals surface area contributed by atoms with Gasteiger partial charge in [-0.1, -0.05) is 0 Å². The van der Waals surface area contributed by atoms with E-state index in [1.807, 2.05) is 13.2 Å². The maximum Gasteiger partial charge on any atom is 0.243 e. The highest BCUT2D eigenvalue weighted by molar-refractivity contribution is 7.98. The van der Waals surface area contributed by atoms with Gasteiger partial charge in [-0.15, -0.1) is 0 Å². The fourth-order valence-corrected chi connectivity index (χ4v) is 4.62. The minimum atomic E-state index is -3.48. The molecule has 0 aromatic heterocycles. The zero-order chi connectivity index (χ0) is 15.5. The molecule has 0 saturated carbocycles. The number of rotatable bonds is 6. The minimum absolute atomic E-state index is 0.0243. The SMILES string of the molecule is CSCCC(C)N(C)S(=O)(=O)c1c(C)cc(N)cc1C. The van der Waals surface area contributed by atoms with Gasteiger partial charge in [0.2, 0.25) is 10.0 Å². The maximum absolute atomic E-state index is 12.8. The third-order valence-corrected chi connectivity index (χ3v) is 6.40. The summed E-state index contributed by atoms with van der Waals surface area (Å²) < 4.78 is 27.0. The van der Waals surface area contributed by atoms with Crippen LogP contribution in [0.4, 0.5) is 5.69 Å². The molecular weight excluding hydrogens is 292 g/mol. The Labute approximate surface area is 126 Å². The molecule has 0 bridgehead atoms. The Morgan fingerprint density at radius 1 is 1.30 bits per heavy atom. The van der Waals surface area contributed by atoms with E-state index < -0.39 is 10.0 Å². The van der Waals surface area contributed by atoms with Gasteiger partial charge in [0.05, 0.1) is 4.90 Å². The number of nitrogen functional groups attached to an aromatic ring is 1. The van der Waals surface area contributed by atoms with E-state index in [-0.39, 0.29) is 6.04 Å². The number of sulfonamides is 1. The largest absolute Gasteiger partial charge is 0.399 e. The van der Waals surface area contributed by atoms with Crippen molar-refractivity contribution in [3.8, 4) is 0 Å². The Kier molecular flexibility index (Phi) is 5.91. The van der Waals surface area contributed by atoms with Gasteiger partial charge in [-0.25, -0.2) is 8.42 Å². The predicted molar refractivity (Wildman–Crippen MR) is 87.7 cm³/mol. The molecule has 2 N–H and O–H groups in total. The molecule has 0 aliphatic rings. The highest BCUT2D eigenvalue weighted by Gasteiger charge is 2.28. The normalized spacial score (nSPS) is 13.7. The first-order valence-corrected chi connectivity index (χ1v) is 9.39. The summed E-state index contributed by atoms with van der Waals surface area (Å²) in [7, 11) is -1.83. The molecule has 0 fully saturated rings. The van der Waals surface area contributed by atoms with Crippen LogP contribution < -0.4 is 5.73 Å². The van der Waals surface area contributed by atoms with E-state index in [1.54, 1.807) is 44.8 Å². The molecule has 1 atom stereocenters. The van der Waals surface area contributed by atoms with Crippen LogP contribution in [0.25, 0.3) is 0 Å². The first-order chi connectivity index (χ1) is 9.21. The highest BCUT2D eigenvalue weighted by atomic mass is 32.2. The molecule has 4 nitrogen and oxygen atoms in total. The molecule has 6 heteroatoms. The van der Waals surface area contributed by atoms with Crippen LogP contribution in [0.3, 0.4) is 0 Å². The summed E-state index contributed by atoms with van der Waals surface area (Å²) in [5.74, 6) is 0.945. The molecule has 20 heavy (non-hydrogen) atoms. The Morgan fingerprint density at radius 3 is 2.25 bits per heavy atom. The first-order valence-electron chi connectivity index (χ1n) is 6.55. The van der Waals surface area contributed by atoms with Gasteiger partial charge < -0.3 is 5.73 Å². The molecule has 1 aromatic rings. The maximum atomic E-state index is 12.8. The number of hydrogen-bond donors (Lipinski definition) is 1. The summed E-state index contributed by atoms with van der Waals surface area (Å²) in [6, 6.07) is 3.39. The molecule has 0 aliphatic heterocycles. The molecule has 0 radical (unpaired) electrons. The Hall–Kier alpha value is -0.720. The predicted octanol–water partition coefficient (Wildman–Crippen LogP) is 2.65. The Morgan fingerprint density at radius 2 is 1.80 bits per heavy atom. The Balaban J connectivity index is 3.17. The topological polar surface area (TPSA) is 63.4 Å². The van der Waals surface area contributed by atoms with E-state index in [4.69, 9.17) is 5.73 Å². The van der Waals surface area contributed by atoms with Crippen molar-refractivity contribution < 1.29 is 8.42 Å². The van der Waals surface area contributed by atoms with E-state index in [0.29, 0.717) is 21.7 Å². The van der Waals surface area contributed by atoms with Gasteiger partial charge >= 0.3 is 0 Å². The second kappa shape index (κ2) is 6.83. The molecule has 0 amide bonds. The van der Waals surface area contributed by atoms with Crippen molar-refractivity contribution in [3.05, 3.63) is 23.3 Å². The number of thioether (sulfide) groups is 1. The smallest absolute Gasteiger partial charge is 0.243 e. The molecule has 0 saturated heterocycles. The lowest BCUT2D eigenvalue weighted by molar-refractivity contribution is 0.382. The number of benzene rings is 1. The quantitative estimate of drug-likeness (QED) is 0.820. The molecule has 1 rings (SSSR count). The molecule has 0 heterocycles. The Bertz CT molecular complexity index is 548. The fraction of sp³-hybridized carbons (Fsp3) is 0.571. The van der Waals surface area contributed by atoms with Crippen LogP contribution in [-0.4, -0.2) is 37.8 Å². The van der Waals surface area contributed by atoms with Crippen molar-refractivity contribution >= 4 is 27.5 Å². The number of hydrogen-bond acceptors (Lipinski definition) is 4. The van der Waals surface area contributed by atoms with Crippen LogP contribution in [0.2, 0.25) is 0 Å². The van der Waals surface area contributed by atoms with Crippen molar-refractivity contribution in [2.75, 3.05) is 24.8 Å². The lowest BCUT2D eigenvalue weighted by Crippen LogP contribution is -2.36. The molecule has 0 aliphatic carbocycles. The number of nitrogens with zero attached hydrogens (tertiary/aromatic N) is 1. The van der Waals surface area contributed by atoms with E-state index in [1.165, 1.54) is 4.31 Å². The van der Waals surface area contributed by atoms with E-state index in [0.717, 1.165) is 12.2 Å². The molecule has 114 valence electrons. The summed E-state index contributed by atoms with van der Waals surface area (Å²) in [4.78, 5) is 0.380. The molecule has 0 spiro atoms. The van der Waals surface area contributed by atoms with Crippen molar-refractivity contribution in [1.29, 1.82) is 0 Å². The third-order valence-electron chi connectivity index (χ3n) is 3.48. The van der Waals surface area contributed by atoms with Crippen LogP contribution in [0, 0.1) is 13.8 Å². The highest BCUT2D eigenvalue weighted by Crippen LogP contribution is 2.27. The van der Waals surface area contributed by atoms with Crippen LogP contribution in [-0.2, 0) is 10.0 Å². The van der Waals surface area contributed by atoms with Crippen molar-refractivity contribution in [2.45, 2.75) is 38.1 Å². The molecule has 1 aromatic carbocycles. The minimum Gasteiger partial charge on any atom is -0.399 e. The monoisotopic (exact) mass is 316 g/mol. The summed E-state index contributed by atoms with van der Waals surface area (Å²) >= 11 is 1.72. The summed E-state index contributed by atoms with van der Waals surface area (Å²) in [5.41, 5.74) is 7.76. The van der Waals surface area contributed by atoms with Gasteiger partial charge in [0, 0.05) is 18.8 Å². The second-order valence-corrected chi connectivity index (χ2v) is 8.06. The van der Waals surface area contributed by atoms with Crippen LogP contribution in [0.15, 0.2) is 17.0 Å². The number of nitrogens with two attached hydrogens (primary N) is 1. The van der Waals surface area contributed by atoms with Crippen LogP contribution in [0.5, 0.6) is 0 Å². The fourth-order valence-electron chi connectivity index (χ4n) is 2.24. The third kappa shape index (κ3) is 3.68. The van der Waals surface area contributed by atoms with E-state index in [9.17, 15) is 8.42 Å². The zero-order valence-corrected chi connectivity index (χ0v) is 14.4. The standard InChI is InChI=1S/C14H24N2O2S2/c1-10-8-13(15)9-11(2)14(10)20(17,18)16(4)12(3)6-7-19-5/h8-9,12H,6-7,15H2,1-5H3. The van der Waals surface area contributed by atoms with Crippen molar-refractivity contribution in [3.63, 3.8) is 0 Å². The van der Waals surface area contributed by atoms with Gasteiger partial charge in [0.25, 0.3) is 0 Å². The van der Waals surface area contributed by atoms with E-state index in [2.05, 4.69) is 0 Å². The molecule has 1 unspecified atom stereocenters. The summed E-state index contributed by atoms with van der Waals surface area (Å²) in [6.45, 7) is 5.52. The van der Waals surface area contributed by atoms with Gasteiger partial charge in [0.15, 0.2) is 0 Å². The average Bonchev–Trinajstić information content (AvgIpc) is 2.33. The van der Waals surface area contributed by atoms with E-state index >= 15 is 0 Å². The van der Waals surface area contributed by atoms with Gasteiger partial charge in [-0.3, -0.25) is 0 Å². The lowest BCUT2D eigenvalue weighted by Gasteiger charge is -2.26. The summed E-state index contributed by atoms with van der Waals surface area (Å²) in [5, 5.41) is 0. The summed E-state index contributed by atoms with van der Waals surface area (Å²) in [6.07, 6.45) is 2.86. The van der Waals surface area contributed by atoms with Gasteiger partial charge in [-0.2, -0.15) is 16.1 Å². The molecular formula is C14H24N2O2S2. The second-order valence-electron chi connectivity index (χ2n) is 5.14. The van der Waals surface area contributed by atoms with Crippen molar-refractivity contribution in [1.82, 2.24) is 4.31 Å². The number of anilines is 1. The lowest BCUT2D eigenvalue weighted by atomic mass is 10.1. The van der Waals surface area contributed by atoms with Crippen LogP contribution >= 0.6 is 11.8 Å². The number of aryl methyl sites for hydroxylation is 2. The first kappa shape index (κ1) is 17.3. The zero-order valence-electron chi connectivity index (χ0n) is 12.8. The van der Waals surface area contributed by atoms with Crippen molar-refractivity contribution in [2.24, 2.45) is 0 Å². The average molecular weight is 316 g/mol.